The van der Waals surface area contributed by atoms with Crippen LogP contribution in [-0.2, 0) is 0 Å². The van der Waals surface area contributed by atoms with Crippen LogP contribution in [0.2, 0.25) is 0 Å². The van der Waals surface area contributed by atoms with Gasteiger partial charge in [-0.3, -0.25) is 0 Å². The first kappa shape index (κ1) is 21.2. The number of hydrogen-bond donors (Lipinski definition) is 0. The first-order valence-electron chi connectivity index (χ1n) is 11.1. The lowest BCUT2D eigenvalue weighted by atomic mass is 10.2. The summed E-state index contributed by atoms with van der Waals surface area (Å²) in [6.07, 6.45) is 0. The number of para-hydroxylation sites is 2. The van der Waals surface area contributed by atoms with Crippen LogP contribution < -0.4 is 4.90 Å². The summed E-state index contributed by atoms with van der Waals surface area (Å²) in [6.45, 7) is 0. The number of aromatic nitrogens is 1. The van der Waals surface area contributed by atoms with Gasteiger partial charge in [-0.15, -0.1) is 0 Å². The van der Waals surface area contributed by atoms with Gasteiger partial charge >= 0.3 is 0 Å². The number of anilines is 3. The fourth-order valence-electron chi connectivity index (χ4n) is 4.60. The number of hydrogen-bond acceptors (Lipinski definition) is 1. The molecule has 6 rings (SSSR count). The predicted octanol–water partition coefficient (Wildman–Crippen LogP) is 9.78. The quantitative estimate of drug-likeness (QED) is 0.206. The van der Waals surface area contributed by atoms with Crippen molar-refractivity contribution in [1.82, 2.24) is 4.57 Å². The standard InChI is InChI=1S/C30H20Br2N2/c31-21-11-17-29-27(19-21)28-20-22(32)12-18-30(28)34(29)26-15-13-25(14-16-26)33(23-7-3-1-4-8-23)24-9-5-2-6-10-24/h1-20H. The van der Waals surface area contributed by atoms with Gasteiger partial charge in [0.25, 0.3) is 0 Å². The van der Waals surface area contributed by atoms with Crippen LogP contribution in [0.1, 0.15) is 0 Å². The molecule has 0 N–H and O–H groups in total. The van der Waals surface area contributed by atoms with Gasteiger partial charge in [0.2, 0.25) is 0 Å². The van der Waals surface area contributed by atoms with E-state index in [-0.39, 0.29) is 0 Å². The molecule has 6 aromatic rings. The van der Waals surface area contributed by atoms with Gasteiger partial charge in [0.15, 0.2) is 0 Å². The molecule has 4 heteroatoms. The van der Waals surface area contributed by atoms with Crippen molar-refractivity contribution in [2.45, 2.75) is 0 Å². The zero-order valence-corrected chi connectivity index (χ0v) is 21.4. The molecule has 1 aromatic heterocycles. The Labute approximate surface area is 215 Å². The van der Waals surface area contributed by atoms with Crippen LogP contribution in [0.25, 0.3) is 27.5 Å². The highest BCUT2D eigenvalue weighted by Gasteiger charge is 2.15. The average Bonchev–Trinajstić information content (AvgIpc) is 3.19. The molecule has 2 nitrogen and oxygen atoms in total. The summed E-state index contributed by atoms with van der Waals surface area (Å²) >= 11 is 7.29. The molecular formula is C30H20Br2N2. The van der Waals surface area contributed by atoms with Gasteiger partial charge in [0, 0.05) is 42.5 Å². The van der Waals surface area contributed by atoms with Crippen LogP contribution in [0.5, 0.6) is 0 Å². The smallest absolute Gasteiger partial charge is 0.0541 e. The molecule has 0 atom stereocenters. The summed E-state index contributed by atoms with van der Waals surface area (Å²) in [5, 5.41) is 2.45. The van der Waals surface area contributed by atoms with Gasteiger partial charge in [0.05, 0.1) is 11.0 Å². The third-order valence-corrected chi connectivity index (χ3v) is 7.07. The summed E-state index contributed by atoms with van der Waals surface area (Å²) in [4.78, 5) is 2.28. The fraction of sp³-hybridized carbons (Fsp3) is 0. The van der Waals surface area contributed by atoms with E-state index in [4.69, 9.17) is 0 Å². The average molecular weight is 568 g/mol. The van der Waals surface area contributed by atoms with E-state index in [1.54, 1.807) is 0 Å². The molecule has 34 heavy (non-hydrogen) atoms. The molecular weight excluding hydrogens is 548 g/mol. The van der Waals surface area contributed by atoms with E-state index in [1.807, 2.05) is 0 Å². The van der Waals surface area contributed by atoms with Crippen molar-refractivity contribution in [2.75, 3.05) is 4.90 Å². The summed E-state index contributed by atoms with van der Waals surface area (Å²) in [5.41, 5.74) is 6.89. The van der Waals surface area contributed by atoms with Crippen LogP contribution >= 0.6 is 31.9 Å². The van der Waals surface area contributed by atoms with Crippen molar-refractivity contribution in [2.24, 2.45) is 0 Å². The Bertz CT molecular complexity index is 1510. The molecule has 0 unspecified atom stereocenters. The first-order valence-corrected chi connectivity index (χ1v) is 12.7. The van der Waals surface area contributed by atoms with Gasteiger partial charge in [0.1, 0.15) is 0 Å². The minimum atomic E-state index is 1.08. The minimum absolute atomic E-state index is 1.08. The summed E-state index contributed by atoms with van der Waals surface area (Å²) in [5.74, 6) is 0. The lowest BCUT2D eigenvalue weighted by Crippen LogP contribution is -2.09. The van der Waals surface area contributed by atoms with Crippen molar-refractivity contribution in [3.8, 4) is 5.69 Å². The first-order chi connectivity index (χ1) is 16.7. The molecule has 164 valence electrons. The molecule has 1 heterocycles. The molecule has 0 radical (unpaired) electrons. The van der Waals surface area contributed by atoms with E-state index in [2.05, 4.69) is 163 Å². The Kier molecular flexibility index (Phi) is 5.48. The maximum absolute atomic E-state index is 3.65. The molecule has 0 saturated heterocycles. The van der Waals surface area contributed by atoms with Crippen molar-refractivity contribution in [3.63, 3.8) is 0 Å². The van der Waals surface area contributed by atoms with Crippen LogP contribution in [0.3, 0.4) is 0 Å². The summed E-state index contributed by atoms with van der Waals surface area (Å²) < 4.78 is 4.49. The number of benzene rings is 5. The fourth-order valence-corrected chi connectivity index (χ4v) is 5.32. The molecule has 0 spiro atoms. The third-order valence-electron chi connectivity index (χ3n) is 6.08. The second kappa shape index (κ2) is 8.79. The Morgan fingerprint density at radius 3 is 1.38 bits per heavy atom. The van der Waals surface area contributed by atoms with E-state index in [0.717, 1.165) is 31.7 Å². The molecule has 0 fully saturated rings. The van der Waals surface area contributed by atoms with Gasteiger partial charge in [-0.2, -0.15) is 0 Å². The van der Waals surface area contributed by atoms with Gasteiger partial charge in [-0.05, 0) is 84.9 Å². The van der Waals surface area contributed by atoms with Crippen molar-refractivity contribution >= 4 is 70.7 Å². The van der Waals surface area contributed by atoms with E-state index in [9.17, 15) is 0 Å². The van der Waals surface area contributed by atoms with E-state index < -0.39 is 0 Å². The predicted molar refractivity (Wildman–Crippen MR) is 151 cm³/mol. The maximum Gasteiger partial charge on any atom is 0.0541 e. The van der Waals surface area contributed by atoms with Crippen LogP contribution in [-0.4, -0.2) is 4.57 Å². The van der Waals surface area contributed by atoms with Crippen molar-refractivity contribution in [1.29, 1.82) is 0 Å². The Morgan fingerprint density at radius 2 is 0.912 bits per heavy atom. The molecule has 5 aromatic carbocycles. The van der Waals surface area contributed by atoms with Gasteiger partial charge in [-0.1, -0.05) is 68.3 Å². The second-order valence-corrected chi connectivity index (χ2v) is 10.0. The number of fused-ring (bicyclic) bond motifs is 3. The van der Waals surface area contributed by atoms with Crippen LogP contribution in [0.4, 0.5) is 17.1 Å². The Hall–Kier alpha value is -3.34. The number of nitrogens with zero attached hydrogens (tertiary/aromatic N) is 2. The molecule has 0 aliphatic carbocycles. The molecule has 0 bridgehead atoms. The Morgan fingerprint density at radius 1 is 0.471 bits per heavy atom. The van der Waals surface area contributed by atoms with Crippen molar-refractivity contribution < 1.29 is 0 Å². The van der Waals surface area contributed by atoms with E-state index >= 15 is 0 Å². The normalized spacial score (nSPS) is 11.2. The third kappa shape index (κ3) is 3.73. The minimum Gasteiger partial charge on any atom is -0.311 e. The van der Waals surface area contributed by atoms with Crippen LogP contribution in [0.15, 0.2) is 130 Å². The van der Waals surface area contributed by atoms with E-state index in [1.165, 1.54) is 21.8 Å². The van der Waals surface area contributed by atoms with Crippen LogP contribution in [0, 0.1) is 0 Å². The highest BCUT2D eigenvalue weighted by atomic mass is 79.9. The Balaban J connectivity index is 1.51. The second-order valence-electron chi connectivity index (χ2n) is 8.18. The molecule has 0 aliphatic rings. The number of halogens is 2. The van der Waals surface area contributed by atoms with Gasteiger partial charge < -0.3 is 9.47 Å². The summed E-state index contributed by atoms with van der Waals surface area (Å²) in [6, 6.07) is 42.8. The zero-order valence-electron chi connectivity index (χ0n) is 18.2. The lowest BCUT2D eigenvalue weighted by Gasteiger charge is -2.25. The SMILES string of the molecule is Brc1ccc2c(c1)c1cc(Br)ccc1n2-c1ccc(N(c2ccccc2)c2ccccc2)cc1. The zero-order chi connectivity index (χ0) is 23.1. The maximum atomic E-state index is 3.65. The van der Waals surface area contributed by atoms with E-state index in [0.29, 0.717) is 0 Å². The molecule has 0 saturated carbocycles. The molecule has 0 aliphatic heterocycles. The highest BCUT2D eigenvalue weighted by Crippen LogP contribution is 2.37. The number of rotatable bonds is 4. The topological polar surface area (TPSA) is 8.17 Å². The lowest BCUT2D eigenvalue weighted by molar-refractivity contribution is 1.17. The van der Waals surface area contributed by atoms with Crippen molar-refractivity contribution in [3.05, 3.63) is 130 Å². The molecule has 0 amide bonds. The highest BCUT2D eigenvalue weighted by molar-refractivity contribution is 9.10. The summed E-state index contributed by atoms with van der Waals surface area (Å²) in [7, 11) is 0. The van der Waals surface area contributed by atoms with Gasteiger partial charge in [-0.25, -0.2) is 0 Å². The monoisotopic (exact) mass is 566 g/mol. The largest absolute Gasteiger partial charge is 0.311 e.